The van der Waals surface area contributed by atoms with Crippen molar-refractivity contribution in [3.05, 3.63) is 76.6 Å². The van der Waals surface area contributed by atoms with Crippen molar-refractivity contribution in [3.8, 4) is 11.5 Å². The first-order chi connectivity index (χ1) is 17.7. The number of imide groups is 1. The Morgan fingerprint density at radius 1 is 1.19 bits per heavy atom. The van der Waals surface area contributed by atoms with E-state index in [-0.39, 0.29) is 31.4 Å². The lowest BCUT2D eigenvalue weighted by Gasteiger charge is -2.36. The highest BCUT2D eigenvalue weighted by Gasteiger charge is 2.53. The molecule has 1 fully saturated rings. The predicted molar refractivity (Wildman–Crippen MR) is 136 cm³/mol. The summed E-state index contributed by atoms with van der Waals surface area (Å²) >= 11 is 0. The van der Waals surface area contributed by atoms with E-state index >= 15 is 0 Å². The van der Waals surface area contributed by atoms with E-state index in [1.807, 2.05) is 37.3 Å². The molecule has 4 atom stereocenters. The minimum absolute atomic E-state index is 0.128. The number of carbonyl (C=O) groups excluding carboxylic acids is 2. The Hall–Kier alpha value is -3.49. The van der Waals surface area contributed by atoms with Gasteiger partial charge >= 0.3 is 0 Å². The zero-order chi connectivity index (χ0) is 26.7. The maximum atomic E-state index is 13.7. The van der Waals surface area contributed by atoms with Crippen LogP contribution in [0.15, 0.2) is 65.3 Å². The molecular weight excluding hydrogens is 477 g/mol. The molecule has 0 bridgehead atoms. The zero-order valence-electron chi connectivity index (χ0n) is 20.9. The van der Waals surface area contributed by atoms with Crippen LogP contribution in [0.3, 0.4) is 0 Å². The molecule has 3 N–H and O–H groups in total. The van der Waals surface area contributed by atoms with Crippen molar-refractivity contribution in [1.82, 2.24) is 4.90 Å². The largest absolute Gasteiger partial charge is 0.505 e. The average Bonchev–Trinajstić information content (AvgIpc) is 3.11. The molecule has 0 aromatic heterocycles. The van der Waals surface area contributed by atoms with E-state index in [1.165, 1.54) is 19.2 Å². The van der Waals surface area contributed by atoms with Crippen LogP contribution in [0.1, 0.15) is 31.7 Å². The van der Waals surface area contributed by atoms with Crippen molar-refractivity contribution in [2.75, 3.05) is 20.3 Å². The molecule has 1 aliphatic carbocycles. The summed E-state index contributed by atoms with van der Waals surface area (Å²) < 4.78 is 19.6. The number of fused-ring (bicyclic) bond motifs is 1. The Labute approximate surface area is 215 Å². The van der Waals surface area contributed by atoms with Gasteiger partial charge < -0.3 is 20.1 Å². The van der Waals surface area contributed by atoms with E-state index in [0.29, 0.717) is 29.7 Å². The Morgan fingerprint density at radius 3 is 2.59 bits per heavy atom. The Balaban J connectivity index is 1.58. The average molecular weight is 510 g/mol. The molecule has 2 aromatic rings. The van der Waals surface area contributed by atoms with Crippen LogP contribution < -0.4 is 4.74 Å². The van der Waals surface area contributed by atoms with E-state index < -0.39 is 35.4 Å². The number of aromatic hydroxyl groups is 1. The first-order valence-electron chi connectivity index (χ1n) is 12.4. The third-order valence-corrected chi connectivity index (χ3v) is 7.31. The molecular formula is C29H32FNO6. The van der Waals surface area contributed by atoms with Crippen LogP contribution in [0.25, 0.3) is 6.08 Å². The minimum Gasteiger partial charge on any atom is -0.505 e. The summed E-state index contributed by atoms with van der Waals surface area (Å²) in [5.74, 6) is -3.12. The fourth-order valence-electron chi connectivity index (χ4n) is 5.43. The number of hydrogen-bond acceptors (Lipinski definition) is 6. The maximum absolute atomic E-state index is 13.7. The van der Waals surface area contributed by atoms with E-state index in [1.54, 1.807) is 12.1 Å². The van der Waals surface area contributed by atoms with Crippen LogP contribution in [0.5, 0.6) is 11.5 Å². The van der Waals surface area contributed by atoms with Gasteiger partial charge in [-0.05, 0) is 67.2 Å². The number of benzene rings is 2. The molecule has 7 nitrogen and oxygen atoms in total. The first kappa shape index (κ1) is 26.6. The Kier molecular flexibility index (Phi) is 8.10. The normalized spacial score (nSPS) is 22.9. The SMILES string of the molecule is C/C(=C\c1ccc(O)c(F)c1)CC[C@@H](O)C1=C(COc2ccccc2)C[C@H]2C(=O)N(C)C(=O)[C@H]2[C@H]1CO. The van der Waals surface area contributed by atoms with Crippen LogP contribution in [-0.4, -0.2) is 58.4 Å². The zero-order valence-corrected chi connectivity index (χ0v) is 20.9. The fourth-order valence-corrected chi connectivity index (χ4v) is 5.43. The maximum Gasteiger partial charge on any atom is 0.233 e. The molecule has 1 heterocycles. The highest BCUT2D eigenvalue weighted by atomic mass is 19.1. The number of halogens is 1. The third-order valence-electron chi connectivity index (χ3n) is 7.31. The number of aliphatic hydroxyl groups is 2. The van der Waals surface area contributed by atoms with Crippen molar-refractivity contribution >= 4 is 17.9 Å². The van der Waals surface area contributed by atoms with Gasteiger partial charge in [-0.25, -0.2) is 4.39 Å². The molecule has 8 heteroatoms. The lowest BCUT2D eigenvalue weighted by molar-refractivity contribution is -0.138. The summed E-state index contributed by atoms with van der Waals surface area (Å²) in [5.41, 5.74) is 2.74. The summed E-state index contributed by atoms with van der Waals surface area (Å²) in [6.45, 7) is 1.61. The van der Waals surface area contributed by atoms with Crippen LogP contribution in [-0.2, 0) is 9.59 Å². The predicted octanol–water partition coefficient (Wildman–Crippen LogP) is 3.69. The second-order valence-corrected chi connectivity index (χ2v) is 9.78. The molecule has 1 aliphatic heterocycles. The summed E-state index contributed by atoms with van der Waals surface area (Å²) in [7, 11) is 1.45. The second-order valence-electron chi connectivity index (χ2n) is 9.78. The summed E-state index contributed by atoms with van der Waals surface area (Å²) in [5, 5.41) is 31.0. The number of nitrogens with zero attached hydrogens (tertiary/aromatic N) is 1. The topological polar surface area (TPSA) is 107 Å². The molecule has 0 radical (unpaired) electrons. The monoisotopic (exact) mass is 509 g/mol. The summed E-state index contributed by atoms with van der Waals surface area (Å²) in [4.78, 5) is 26.8. The van der Waals surface area contributed by atoms with Crippen molar-refractivity contribution in [2.24, 2.45) is 17.8 Å². The van der Waals surface area contributed by atoms with Crippen LogP contribution in [0, 0.1) is 23.6 Å². The smallest absolute Gasteiger partial charge is 0.233 e. The standard InChI is InChI=1S/C29H32FNO6/c1-17(12-18-9-11-24(33)23(30)13-18)8-10-25(34)26-19(16-37-20-6-4-3-5-7-20)14-21-27(22(26)15-32)29(36)31(2)28(21)35/h3-7,9,11-13,21-22,25,27,32-34H,8,10,14-16H2,1-2H3/b17-12+/t21-,22+,25-,27-/m1/s1. The number of carbonyl (C=O) groups is 2. The van der Waals surface area contributed by atoms with Gasteiger partial charge in [-0.2, -0.15) is 0 Å². The summed E-state index contributed by atoms with van der Waals surface area (Å²) in [6.07, 6.45) is 1.85. The molecule has 2 amide bonds. The third kappa shape index (κ3) is 5.60. The van der Waals surface area contributed by atoms with Gasteiger partial charge in [0.15, 0.2) is 11.6 Å². The van der Waals surface area contributed by atoms with Gasteiger partial charge in [0.2, 0.25) is 11.8 Å². The highest BCUT2D eigenvalue weighted by Crippen LogP contribution is 2.46. The van der Waals surface area contributed by atoms with Crippen molar-refractivity contribution in [2.45, 2.75) is 32.3 Å². The fraction of sp³-hybridized carbons (Fsp3) is 0.379. The van der Waals surface area contributed by atoms with Gasteiger partial charge in [0.05, 0.1) is 24.5 Å². The van der Waals surface area contributed by atoms with Gasteiger partial charge in [-0.1, -0.05) is 35.9 Å². The van der Waals surface area contributed by atoms with Gasteiger partial charge in [-0.3, -0.25) is 14.5 Å². The lowest BCUT2D eigenvalue weighted by Crippen LogP contribution is -2.39. The number of rotatable bonds is 9. The number of hydrogen-bond donors (Lipinski definition) is 3. The van der Waals surface area contributed by atoms with Crippen molar-refractivity contribution < 1.29 is 34.0 Å². The number of para-hydroxylation sites is 1. The second kappa shape index (κ2) is 11.3. The van der Waals surface area contributed by atoms with Crippen molar-refractivity contribution in [1.29, 1.82) is 0 Å². The number of allylic oxidation sites excluding steroid dienone is 1. The molecule has 37 heavy (non-hydrogen) atoms. The quantitative estimate of drug-likeness (QED) is 0.352. The van der Waals surface area contributed by atoms with Crippen LogP contribution in [0.2, 0.25) is 0 Å². The van der Waals surface area contributed by atoms with Gasteiger partial charge in [-0.15, -0.1) is 0 Å². The molecule has 2 aromatic carbocycles. The number of likely N-dealkylation sites (tertiary alicyclic amines) is 1. The van der Waals surface area contributed by atoms with E-state index in [4.69, 9.17) is 4.74 Å². The molecule has 4 rings (SSSR count). The molecule has 2 aliphatic rings. The number of ether oxygens (including phenoxy) is 1. The summed E-state index contributed by atoms with van der Waals surface area (Å²) in [6, 6.07) is 13.3. The molecule has 0 unspecified atom stereocenters. The molecule has 0 saturated carbocycles. The van der Waals surface area contributed by atoms with Crippen molar-refractivity contribution in [3.63, 3.8) is 0 Å². The Bertz CT molecular complexity index is 1220. The van der Waals surface area contributed by atoms with E-state index in [9.17, 15) is 29.3 Å². The van der Waals surface area contributed by atoms with Gasteiger partial charge in [0.25, 0.3) is 0 Å². The van der Waals surface area contributed by atoms with Crippen LogP contribution >= 0.6 is 0 Å². The molecule has 0 spiro atoms. The number of aliphatic hydroxyl groups excluding tert-OH is 2. The molecule has 196 valence electrons. The highest BCUT2D eigenvalue weighted by molar-refractivity contribution is 6.05. The lowest BCUT2D eigenvalue weighted by atomic mass is 9.68. The van der Waals surface area contributed by atoms with E-state index in [0.717, 1.165) is 16.0 Å². The minimum atomic E-state index is -0.971. The van der Waals surface area contributed by atoms with Gasteiger partial charge in [0.1, 0.15) is 12.4 Å². The van der Waals surface area contributed by atoms with Gasteiger partial charge in [0, 0.05) is 13.0 Å². The van der Waals surface area contributed by atoms with E-state index in [2.05, 4.69) is 0 Å². The number of phenolic OH excluding ortho intramolecular Hbond substituents is 1. The Morgan fingerprint density at radius 2 is 1.92 bits per heavy atom. The number of phenols is 1. The molecule has 1 saturated heterocycles. The van der Waals surface area contributed by atoms with Crippen LogP contribution in [0.4, 0.5) is 4.39 Å². The number of amides is 2. The first-order valence-corrected chi connectivity index (χ1v) is 12.4.